The van der Waals surface area contributed by atoms with Crippen LogP contribution in [0.3, 0.4) is 0 Å². The van der Waals surface area contributed by atoms with Gasteiger partial charge < -0.3 is 165 Å². The molecule has 0 bridgehead atoms. The monoisotopic (exact) mass is 1200 g/mol. The van der Waals surface area contributed by atoms with Crippen molar-refractivity contribution in [1.82, 2.24) is 10.6 Å². The minimum Gasteiger partial charge on any atom is -0.510 e. The van der Waals surface area contributed by atoms with E-state index in [-0.39, 0.29) is 0 Å². The molecule has 0 aromatic carbocycles. The van der Waals surface area contributed by atoms with Gasteiger partial charge in [-0.25, -0.2) is 0 Å². The van der Waals surface area contributed by atoms with Crippen LogP contribution in [0.2, 0.25) is 0 Å². The molecule has 0 saturated carbocycles. The molecule has 35 nitrogen and oxygen atoms in total. The average Bonchev–Trinajstić information content (AvgIpc) is 2.94. The predicted octanol–water partition coefficient (Wildman–Crippen LogP) is -11.5. The Kier molecular flexibility index (Phi) is 27.2. The van der Waals surface area contributed by atoms with E-state index in [9.17, 15) is 107 Å². The van der Waals surface area contributed by atoms with Crippen molar-refractivity contribution >= 4 is 11.8 Å². The summed E-state index contributed by atoms with van der Waals surface area (Å²) in [6, 6.07) is -2.84. The van der Waals surface area contributed by atoms with E-state index in [1.54, 1.807) is 0 Å². The Labute approximate surface area is 467 Å². The SMILES string of the molecule is CC(=O)NC1C(O)[C@H](O[C@@H]2OC(CO[C@H]3OC(CO[C@H]4O[C@@H](CO)[C@@H](O)C(O)C4O)[C@@H](O)C(O[C@@H](O)/C=C(\O)[C@H](O)CCO)C3O)[C@@H](O)C(O[C@@H](O)/C=C(\O)[C@H](O)CCO)C2O)C(CO)O[C@H]1O[C@@H]1C(CO)O[C@@H](C)C(NC(C)=O)C1O. The molecule has 0 radical (unpaired) electrons. The molecule has 14 unspecified atom stereocenters. The fraction of sp³-hybridized carbons (Fsp3) is 0.872. The lowest BCUT2D eigenvalue weighted by Crippen LogP contribution is -2.70. The molecule has 82 heavy (non-hydrogen) atoms. The van der Waals surface area contributed by atoms with Crippen LogP contribution < -0.4 is 10.6 Å². The van der Waals surface area contributed by atoms with Crippen LogP contribution in [0.1, 0.15) is 33.6 Å². The molecule has 5 saturated heterocycles. The normalized spacial score (nSPS) is 42.0. The first-order valence-corrected chi connectivity index (χ1v) is 26.1. The van der Waals surface area contributed by atoms with E-state index in [1.165, 1.54) is 13.8 Å². The maximum Gasteiger partial charge on any atom is 0.217 e. The number of amides is 2. The fourth-order valence-electron chi connectivity index (χ4n) is 9.63. The minimum absolute atomic E-state index is 0.400. The summed E-state index contributed by atoms with van der Waals surface area (Å²) in [6.45, 7) is -2.13. The highest BCUT2D eigenvalue weighted by atomic mass is 16.8. The highest BCUT2D eigenvalue weighted by molar-refractivity contribution is 5.73. The third-order valence-electron chi connectivity index (χ3n) is 14.0. The van der Waals surface area contributed by atoms with E-state index >= 15 is 0 Å². The maximum atomic E-state index is 12.6. The van der Waals surface area contributed by atoms with Crippen molar-refractivity contribution in [3.05, 3.63) is 23.7 Å². The summed E-state index contributed by atoms with van der Waals surface area (Å²) in [5.41, 5.74) is 0. The van der Waals surface area contributed by atoms with Crippen LogP contribution in [-0.4, -0.2) is 338 Å². The van der Waals surface area contributed by atoms with Gasteiger partial charge in [0.1, 0.15) is 140 Å². The van der Waals surface area contributed by atoms with Gasteiger partial charge in [0.05, 0.1) is 45.2 Å². The lowest BCUT2D eigenvalue weighted by atomic mass is 9.92. The molecule has 2 amide bonds. The summed E-state index contributed by atoms with van der Waals surface area (Å²) >= 11 is 0. The van der Waals surface area contributed by atoms with Crippen molar-refractivity contribution in [2.45, 2.75) is 212 Å². The molecule has 0 aliphatic carbocycles. The van der Waals surface area contributed by atoms with Gasteiger partial charge in [-0.2, -0.15) is 0 Å². The van der Waals surface area contributed by atoms with Gasteiger partial charge in [-0.3, -0.25) is 9.59 Å². The Morgan fingerprint density at radius 2 is 0.854 bits per heavy atom. The highest BCUT2D eigenvalue weighted by Crippen LogP contribution is 2.35. The van der Waals surface area contributed by atoms with Crippen LogP contribution in [0.25, 0.3) is 0 Å². The first-order chi connectivity index (χ1) is 38.7. The van der Waals surface area contributed by atoms with Crippen LogP contribution >= 0.6 is 0 Å². The molecule has 0 spiro atoms. The van der Waals surface area contributed by atoms with Gasteiger partial charge in [-0.05, 0) is 6.92 Å². The highest BCUT2D eigenvalue weighted by Gasteiger charge is 2.56. The van der Waals surface area contributed by atoms with E-state index < -0.39 is 260 Å². The van der Waals surface area contributed by atoms with Crippen molar-refractivity contribution in [3.63, 3.8) is 0 Å². The summed E-state index contributed by atoms with van der Waals surface area (Å²) in [5.74, 6) is -3.25. The summed E-state index contributed by atoms with van der Waals surface area (Å²) in [7, 11) is 0. The minimum atomic E-state index is -2.31. The van der Waals surface area contributed by atoms with E-state index in [4.69, 9.17) is 57.2 Å². The zero-order valence-corrected chi connectivity index (χ0v) is 44.5. The molecular formula is C47H80N2O33. The third kappa shape index (κ3) is 17.5. The Bertz CT molecular complexity index is 2010. The summed E-state index contributed by atoms with van der Waals surface area (Å²) < 4.78 is 63.2. The molecular weight excluding hydrogens is 1120 g/mol. The second-order valence-electron chi connectivity index (χ2n) is 20.1. The number of aliphatic hydroxyl groups excluding tert-OH is 20. The first-order valence-electron chi connectivity index (χ1n) is 26.1. The van der Waals surface area contributed by atoms with Gasteiger partial charge in [0.15, 0.2) is 37.7 Å². The van der Waals surface area contributed by atoms with Crippen molar-refractivity contribution in [2.24, 2.45) is 0 Å². The van der Waals surface area contributed by atoms with E-state index in [0.29, 0.717) is 12.2 Å². The zero-order valence-electron chi connectivity index (χ0n) is 44.5. The Hall–Kier alpha value is -3.14. The number of ether oxygens (including phenoxy) is 11. The first kappa shape index (κ1) is 69.6. The number of carbonyl (C=O) groups is 2. The lowest BCUT2D eigenvalue weighted by Gasteiger charge is -2.50. The van der Waals surface area contributed by atoms with Crippen molar-refractivity contribution in [3.8, 4) is 0 Å². The fourth-order valence-corrected chi connectivity index (χ4v) is 9.63. The second-order valence-corrected chi connectivity index (χ2v) is 20.1. The molecule has 0 aromatic rings. The third-order valence-corrected chi connectivity index (χ3v) is 14.0. The molecule has 5 aliphatic rings. The number of nitrogens with one attached hydrogen (secondary N) is 2. The molecule has 22 N–H and O–H groups in total. The molecule has 476 valence electrons. The average molecular weight is 1200 g/mol. The van der Waals surface area contributed by atoms with Crippen LogP contribution in [-0.2, 0) is 61.7 Å². The van der Waals surface area contributed by atoms with E-state index in [1.807, 2.05) is 0 Å². The topological polar surface area (TPSA) is 564 Å². The van der Waals surface area contributed by atoms with Crippen LogP contribution in [0, 0.1) is 0 Å². The molecule has 35 heteroatoms. The van der Waals surface area contributed by atoms with Gasteiger partial charge in [-0.15, -0.1) is 0 Å². The summed E-state index contributed by atoms with van der Waals surface area (Å²) in [5, 5.41) is 217. The van der Waals surface area contributed by atoms with Gasteiger partial charge in [0.25, 0.3) is 0 Å². The van der Waals surface area contributed by atoms with E-state index in [0.717, 1.165) is 6.92 Å². The zero-order chi connectivity index (χ0) is 61.0. The lowest BCUT2D eigenvalue weighted by molar-refractivity contribution is -0.372. The molecule has 0 aromatic heterocycles. The number of hydrogen-bond acceptors (Lipinski definition) is 33. The predicted molar refractivity (Wildman–Crippen MR) is 260 cm³/mol. The second kappa shape index (κ2) is 32.0. The Balaban J connectivity index is 1.45. The summed E-state index contributed by atoms with van der Waals surface area (Å²) in [4.78, 5) is 24.7. The van der Waals surface area contributed by atoms with Gasteiger partial charge in [0, 0.05) is 52.1 Å². The van der Waals surface area contributed by atoms with Gasteiger partial charge in [0.2, 0.25) is 11.8 Å². The number of hydrogen-bond donors (Lipinski definition) is 22. The molecule has 5 fully saturated rings. The molecule has 5 heterocycles. The quantitative estimate of drug-likeness (QED) is 0.0268. The van der Waals surface area contributed by atoms with Crippen LogP contribution in [0.5, 0.6) is 0 Å². The largest absolute Gasteiger partial charge is 0.510 e. The van der Waals surface area contributed by atoms with Crippen LogP contribution in [0.15, 0.2) is 23.7 Å². The number of rotatable bonds is 27. The molecule has 29 atom stereocenters. The van der Waals surface area contributed by atoms with Gasteiger partial charge >= 0.3 is 0 Å². The Morgan fingerprint density at radius 3 is 1.32 bits per heavy atom. The van der Waals surface area contributed by atoms with Crippen molar-refractivity contribution in [2.75, 3.05) is 46.2 Å². The standard InChI is InChI=1S/C47H80N2O33/c1-15-29(48-16(2)55)34(66)40(23(11-53)74-15)81-44-30(49-17(3)56)35(67)41(24(12-54)76-44)82-47-39(71)43(80-28(62)9-21(60)19(58)5-7-51)33(65)26(78-47)14-73-46-38(70)42(79-27(61)8-20(59)18(57)4-6-50)32(64)25(77-46)13-72-45-37(69)36(68)31(63)22(10-52)75-45/h8-9,15,18-19,22-47,50-54,57-71H,4-7,10-14H2,1-3H3,(H,48,55)(H,49,56)/b20-8-,21-9-/t15-,18+,19+,22-,23?,24?,25?,26?,27+,28+,29?,30?,31+,32+,33+,34?,35?,36?,37?,38?,39?,40+,41+,42?,43?,44-,45-,46-,47-/m0/s1. The van der Waals surface area contributed by atoms with Gasteiger partial charge in [-0.1, -0.05) is 0 Å². The Morgan fingerprint density at radius 1 is 0.463 bits per heavy atom. The maximum absolute atomic E-state index is 12.6. The summed E-state index contributed by atoms with van der Waals surface area (Å²) in [6.07, 6.45) is -50.7. The van der Waals surface area contributed by atoms with Crippen LogP contribution in [0.4, 0.5) is 0 Å². The molecule has 5 rings (SSSR count). The molecule has 5 aliphatic heterocycles. The van der Waals surface area contributed by atoms with Crippen molar-refractivity contribution < 1.29 is 164 Å². The van der Waals surface area contributed by atoms with Crippen molar-refractivity contribution in [1.29, 1.82) is 0 Å². The smallest absolute Gasteiger partial charge is 0.217 e. The number of aliphatic hydroxyl groups is 20. The van der Waals surface area contributed by atoms with E-state index in [2.05, 4.69) is 10.6 Å². The number of carbonyl (C=O) groups excluding carboxylic acids is 2.